The highest BCUT2D eigenvalue weighted by molar-refractivity contribution is 7.89. The van der Waals surface area contributed by atoms with Gasteiger partial charge in [-0.15, -0.1) is 0 Å². The van der Waals surface area contributed by atoms with Crippen molar-refractivity contribution in [1.29, 1.82) is 0 Å². The first-order valence-electron chi connectivity index (χ1n) is 9.52. The molecule has 2 heterocycles. The third-order valence-electron chi connectivity index (χ3n) is 5.26. The molecule has 0 amide bonds. The second-order valence-corrected chi connectivity index (χ2v) is 9.42. The molecule has 2 aliphatic rings. The Morgan fingerprint density at radius 1 is 0.966 bits per heavy atom. The summed E-state index contributed by atoms with van der Waals surface area (Å²) in [7, 11) is -3.53. The lowest BCUT2D eigenvalue weighted by Gasteiger charge is -2.38. The monoisotopic (exact) mass is 434 g/mol. The first kappa shape index (κ1) is 20.2. The predicted octanol–water partition coefficient (Wildman–Crippen LogP) is 3.10. The van der Waals surface area contributed by atoms with E-state index >= 15 is 0 Å². The molecule has 4 rings (SSSR count). The molecule has 0 N–H and O–H groups in total. The summed E-state index contributed by atoms with van der Waals surface area (Å²) >= 11 is 5.89. The fourth-order valence-electron chi connectivity index (χ4n) is 3.69. The molecule has 2 aromatic rings. The van der Waals surface area contributed by atoms with Crippen LogP contribution < -0.4 is 0 Å². The van der Waals surface area contributed by atoms with Gasteiger partial charge in [-0.2, -0.15) is 4.31 Å². The van der Waals surface area contributed by atoms with Gasteiger partial charge in [-0.3, -0.25) is 4.90 Å². The first-order chi connectivity index (χ1) is 14.0. The van der Waals surface area contributed by atoms with Crippen LogP contribution in [0.5, 0.6) is 0 Å². The van der Waals surface area contributed by atoms with Crippen LogP contribution in [0.3, 0.4) is 0 Å². The molecule has 0 aromatic heterocycles. The Morgan fingerprint density at radius 2 is 1.66 bits per heavy atom. The van der Waals surface area contributed by atoms with Crippen LogP contribution in [0.1, 0.15) is 5.56 Å². The largest absolute Gasteiger partial charge is 0.462 e. The van der Waals surface area contributed by atoms with Crippen molar-refractivity contribution in [1.82, 2.24) is 9.21 Å². The van der Waals surface area contributed by atoms with Crippen molar-refractivity contribution in [3.05, 3.63) is 77.2 Å². The molecule has 0 radical (unpaired) electrons. The van der Waals surface area contributed by atoms with Crippen molar-refractivity contribution >= 4 is 21.6 Å². The highest BCUT2D eigenvalue weighted by Crippen LogP contribution is 2.25. The summed E-state index contributed by atoms with van der Waals surface area (Å²) in [5.41, 5.74) is 1.20. The lowest BCUT2D eigenvalue weighted by Crippen LogP contribution is -2.52. The predicted molar refractivity (Wildman–Crippen MR) is 111 cm³/mol. The molecule has 2 aliphatic heterocycles. The molecule has 0 spiro atoms. The van der Waals surface area contributed by atoms with E-state index in [4.69, 9.17) is 21.1 Å². The average molecular weight is 435 g/mol. The normalized spacial score (nSPS) is 19.3. The maximum atomic E-state index is 12.9. The standard InChI is InChI=1S/C21H23ClN2O4S/c22-18-6-8-19(9-7-18)29(25,26)24-12-10-23(11-13-24)20(21-15-27-16-28-21)14-17-4-2-1-3-5-17/h1-9,15,20H,10-14,16H2. The van der Waals surface area contributed by atoms with Crippen LogP contribution in [-0.4, -0.2) is 56.6 Å². The maximum Gasteiger partial charge on any atom is 0.243 e. The van der Waals surface area contributed by atoms with E-state index in [0.717, 1.165) is 12.2 Å². The van der Waals surface area contributed by atoms with Gasteiger partial charge in [-0.05, 0) is 36.2 Å². The molecule has 1 unspecified atom stereocenters. The van der Waals surface area contributed by atoms with E-state index in [0.29, 0.717) is 31.2 Å². The second-order valence-electron chi connectivity index (χ2n) is 7.05. The van der Waals surface area contributed by atoms with Crippen molar-refractivity contribution in [2.45, 2.75) is 17.4 Å². The Morgan fingerprint density at radius 3 is 2.28 bits per heavy atom. The summed E-state index contributed by atoms with van der Waals surface area (Å²) in [6.45, 7) is 2.30. The minimum atomic E-state index is -3.53. The summed E-state index contributed by atoms with van der Waals surface area (Å²) in [5.74, 6) is 0.794. The van der Waals surface area contributed by atoms with Crippen LogP contribution in [0.25, 0.3) is 0 Å². The minimum Gasteiger partial charge on any atom is -0.462 e. The molecule has 8 heteroatoms. The smallest absolute Gasteiger partial charge is 0.243 e. The van der Waals surface area contributed by atoms with Gasteiger partial charge < -0.3 is 9.47 Å². The van der Waals surface area contributed by atoms with E-state index in [1.807, 2.05) is 18.2 Å². The molecule has 154 valence electrons. The van der Waals surface area contributed by atoms with E-state index in [2.05, 4.69) is 17.0 Å². The zero-order valence-electron chi connectivity index (χ0n) is 15.9. The Labute approximate surface area is 176 Å². The van der Waals surface area contributed by atoms with E-state index in [9.17, 15) is 8.42 Å². The van der Waals surface area contributed by atoms with E-state index < -0.39 is 10.0 Å². The van der Waals surface area contributed by atoms with Crippen LogP contribution in [-0.2, 0) is 25.9 Å². The number of hydrogen-bond donors (Lipinski definition) is 0. The zero-order chi connectivity index (χ0) is 20.3. The second kappa shape index (κ2) is 8.75. The highest BCUT2D eigenvalue weighted by Gasteiger charge is 2.33. The Kier molecular flexibility index (Phi) is 6.10. The van der Waals surface area contributed by atoms with Gasteiger partial charge in [-0.25, -0.2) is 8.42 Å². The van der Waals surface area contributed by atoms with Gasteiger partial charge in [0.15, 0.2) is 5.76 Å². The fraction of sp³-hybridized carbons (Fsp3) is 0.333. The number of piperazine rings is 1. The number of ether oxygens (including phenoxy) is 2. The number of rotatable bonds is 6. The molecule has 0 bridgehead atoms. The molecule has 29 heavy (non-hydrogen) atoms. The molecular formula is C21H23ClN2O4S. The van der Waals surface area contributed by atoms with Gasteiger partial charge in [0.2, 0.25) is 16.8 Å². The van der Waals surface area contributed by atoms with Gasteiger partial charge in [0.05, 0.1) is 10.9 Å². The summed E-state index contributed by atoms with van der Waals surface area (Å²) in [6, 6.07) is 16.5. The third kappa shape index (κ3) is 4.59. The Hall–Kier alpha value is -2.06. The van der Waals surface area contributed by atoms with E-state index in [1.165, 1.54) is 9.87 Å². The topological polar surface area (TPSA) is 59.1 Å². The van der Waals surface area contributed by atoms with Crippen molar-refractivity contribution in [2.24, 2.45) is 0 Å². The van der Waals surface area contributed by atoms with Gasteiger partial charge in [0, 0.05) is 31.2 Å². The van der Waals surface area contributed by atoms with E-state index in [-0.39, 0.29) is 17.7 Å². The highest BCUT2D eigenvalue weighted by atomic mass is 35.5. The van der Waals surface area contributed by atoms with Crippen LogP contribution in [0.2, 0.25) is 5.02 Å². The summed E-state index contributed by atoms with van der Waals surface area (Å²) in [5, 5.41) is 0.518. The van der Waals surface area contributed by atoms with Crippen LogP contribution >= 0.6 is 11.6 Å². The molecule has 0 aliphatic carbocycles. The molecule has 6 nitrogen and oxygen atoms in total. The van der Waals surface area contributed by atoms with E-state index in [1.54, 1.807) is 30.5 Å². The van der Waals surface area contributed by atoms with Crippen molar-refractivity contribution in [2.75, 3.05) is 33.0 Å². The number of halogens is 1. The van der Waals surface area contributed by atoms with Crippen molar-refractivity contribution in [3.63, 3.8) is 0 Å². The third-order valence-corrected chi connectivity index (χ3v) is 7.42. The number of hydrogen-bond acceptors (Lipinski definition) is 5. The summed E-state index contributed by atoms with van der Waals surface area (Å²) < 4.78 is 38.3. The quantitative estimate of drug-likeness (QED) is 0.699. The molecule has 2 aromatic carbocycles. The van der Waals surface area contributed by atoms with Crippen LogP contribution in [0.15, 0.2) is 71.5 Å². The van der Waals surface area contributed by atoms with Crippen molar-refractivity contribution in [3.8, 4) is 0 Å². The zero-order valence-corrected chi connectivity index (χ0v) is 17.5. The maximum absolute atomic E-state index is 12.9. The number of sulfonamides is 1. The first-order valence-corrected chi connectivity index (χ1v) is 11.3. The molecule has 1 atom stereocenters. The summed E-state index contributed by atoms with van der Waals surface area (Å²) in [4.78, 5) is 2.54. The molecular weight excluding hydrogens is 412 g/mol. The van der Waals surface area contributed by atoms with Crippen LogP contribution in [0, 0.1) is 0 Å². The van der Waals surface area contributed by atoms with Crippen LogP contribution in [0.4, 0.5) is 0 Å². The Balaban J connectivity index is 1.47. The molecule has 1 fully saturated rings. The lowest BCUT2D eigenvalue weighted by molar-refractivity contribution is 0.0527. The van der Waals surface area contributed by atoms with Gasteiger partial charge >= 0.3 is 0 Å². The SMILES string of the molecule is O=S(=O)(c1ccc(Cl)cc1)N1CCN(C(Cc2ccccc2)C2=COCO2)CC1. The number of nitrogens with zero attached hydrogens (tertiary/aromatic N) is 2. The Bertz CT molecular complexity index is 956. The van der Waals surface area contributed by atoms with Gasteiger partial charge in [0.25, 0.3) is 0 Å². The number of benzene rings is 2. The molecule has 1 saturated heterocycles. The average Bonchev–Trinajstić information content (AvgIpc) is 3.28. The van der Waals surface area contributed by atoms with Gasteiger partial charge in [-0.1, -0.05) is 41.9 Å². The minimum absolute atomic E-state index is 0.0142. The fourth-order valence-corrected chi connectivity index (χ4v) is 5.23. The van der Waals surface area contributed by atoms with Crippen molar-refractivity contribution < 1.29 is 17.9 Å². The molecule has 0 saturated carbocycles. The summed E-state index contributed by atoms with van der Waals surface area (Å²) in [6.07, 6.45) is 2.45. The van der Waals surface area contributed by atoms with Gasteiger partial charge in [0.1, 0.15) is 6.26 Å². The lowest BCUT2D eigenvalue weighted by atomic mass is 10.0.